The molecule has 0 fully saturated rings. The van der Waals surface area contributed by atoms with Crippen LogP contribution in [0.4, 0.5) is 0 Å². The summed E-state index contributed by atoms with van der Waals surface area (Å²) in [6.07, 6.45) is 0. The van der Waals surface area contributed by atoms with Crippen molar-refractivity contribution in [3.8, 4) is 67.5 Å². The molecule has 0 unspecified atom stereocenters. The molecule has 0 aliphatic carbocycles. The Labute approximate surface area is 334 Å². The maximum absolute atomic E-state index is 5.37. The number of thiophene rings is 1. The highest BCUT2D eigenvalue weighted by molar-refractivity contribution is 7.26. The third-order valence-corrected chi connectivity index (χ3v) is 12.2. The first-order chi connectivity index (χ1) is 28.3. The molecule has 2 aromatic heterocycles. The van der Waals surface area contributed by atoms with Crippen LogP contribution in [0.15, 0.2) is 200 Å². The van der Waals surface area contributed by atoms with E-state index in [1.54, 1.807) is 11.3 Å². The molecule has 57 heavy (non-hydrogen) atoms. The van der Waals surface area contributed by atoms with Crippen LogP contribution in [0.2, 0.25) is 0 Å². The molecule has 0 bridgehead atoms. The van der Waals surface area contributed by atoms with Gasteiger partial charge in [0.1, 0.15) is 0 Å². The van der Waals surface area contributed by atoms with Crippen molar-refractivity contribution in [2.75, 3.05) is 0 Å². The van der Waals surface area contributed by atoms with Gasteiger partial charge < -0.3 is 0 Å². The second-order valence-electron chi connectivity index (χ2n) is 14.3. The van der Waals surface area contributed by atoms with Gasteiger partial charge in [-0.15, -0.1) is 11.3 Å². The van der Waals surface area contributed by atoms with E-state index in [4.69, 9.17) is 15.0 Å². The van der Waals surface area contributed by atoms with Crippen LogP contribution in [0.3, 0.4) is 0 Å². The minimum Gasteiger partial charge on any atom is -0.208 e. The van der Waals surface area contributed by atoms with Gasteiger partial charge >= 0.3 is 0 Å². The third kappa shape index (κ3) is 5.69. The molecule has 0 saturated carbocycles. The Morgan fingerprint density at radius 1 is 0.281 bits per heavy atom. The third-order valence-electron chi connectivity index (χ3n) is 11.0. The largest absolute Gasteiger partial charge is 0.208 e. The van der Waals surface area contributed by atoms with Gasteiger partial charge in [0.2, 0.25) is 0 Å². The summed E-state index contributed by atoms with van der Waals surface area (Å²) in [6, 6.07) is 71.1. The molecule has 2 heterocycles. The van der Waals surface area contributed by atoms with E-state index >= 15 is 0 Å². The maximum Gasteiger partial charge on any atom is 0.165 e. The summed E-state index contributed by atoms with van der Waals surface area (Å²) in [5, 5.41) is 7.23. The molecule has 0 spiro atoms. The smallest absolute Gasteiger partial charge is 0.165 e. The van der Waals surface area contributed by atoms with Crippen LogP contribution >= 0.6 is 11.3 Å². The molecule has 0 aliphatic heterocycles. The van der Waals surface area contributed by atoms with Gasteiger partial charge in [-0.25, -0.2) is 15.0 Å². The summed E-state index contributed by atoms with van der Waals surface area (Å²) >= 11 is 1.79. The number of rotatable bonds is 6. The second-order valence-corrected chi connectivity index (χ2v) is 15.3. The lowest BCUT2D eigenvalue weighted by Gasteiger charge is -2.19. The fourth-order valence-electron chi connectivity index (χ4n) is 8.34. The Kier molecular flexibility index (Phi) is 8.01. The van der Waals surface area contributed by atoms with E-state index < -0.39 is 0 Å². The zero-order chi connectivity index (χ0) is 37.7. The average molecular weight is 744 g/mol. The summed E-state index contributed by atoms with van der Waals surface area (Å²) < 4.78 is 2.42. The Morgan fingerprint density at radius 3 is 1.60 bits per heavy atom. The van der Waals surface area contributed by atoms with Crippen molar-refractivity contribution in [2.24, 2.45) is 0 Å². The quantitative estimate of drug-likeness (QED) is 0.170. The first-order valence-corrected chi connectivity index (χ1v) is 20.0. The van der Waals surface area contributed by atoms with Gasteiger partial charge in [0.25, 0.3) is 0 Å². The van der Waals surface area contributed by atoms with Crippen molar-refractivity contribution in [3.63, 3.8) is 0 Å². The van der Waals surface area contributed by atoms with Crippen molar-refractivity contribution < 1.29 is 0 Å². The first kappa shape index (κ1) is 33.1. The molecular formula is C53H33N3S. The lowest BCUT2D eigenvalue weighted by molar-refractivity contribution is 1.08. The number of benzene rings is 9. The van der Waals surface area contributed by atoms with Crippen LogP contribution in [-0.2, 0) is 0 Å². The summed E-state index contributed by atoms with van der Waals surface area (Å²) in [4.78, 5) is 15.8. The minimum absolute atomic E-state index is 0.635. The molecular weight excluding hydrogens is 711 g/mol. The number of hydrogen-bond acceptors (Lipinski definition) is 4. The molecule has 266 valence electrons. The first-order valence-electron chi connectivity index (χ1n) is 19.2. The molecule has 11 aromatic rings. The Balaban J connectivity index is 1.17. The standard InChI is InChI=1S/C53H33N3S/c1-3-16-34(17-4-1)37-32-33-41(40-23-10-9-22-39(37)40)44-31-30-35-18-7-8-21-38(35)49(44)43-25-11-12-26-46(43)52-54-51(36-19-5-2-6-20-36)55-53(56-52)47-28-15-27-45-42-24-13-14-29-48(42)57-50(45)47/h1-33H. The second kappa shape index (κ2) is 13.8. The van der Waals surface area contributed by atoms with Crippen LogP contribution in [0.1, 0.15) is 0 Å². The summed E-state index contributed by atoms with van der Waals surface area (Å²) in [6.45, 7) is 0. The normalized spacial score (nSPS) is 11.5. The lowest BCUT2D eigenvalue weighted by Crippen LogP contribution is -2.01. The van der Waals surface area contributed by atoms with Crippen LogP contribution in [0, 0.1) is 0 Å². The molecule has 0 radical (unpaired) electrons. The van der Waals surface area contributed by atoms with Crippen LogP contribution < -0.4 is 0 Å². The van der Waals surface area contributed by atoms with Crippen molar-refractivity contribution in [1.29, 1.82) is 0 Å². The molecule has 3 nitrogen and oxygen atoms in total. The number of hydrogen-bond donors (Lipinski definition) is 0. The van der Waals surface area contributed by atoms with Gasteiger partial charge in [-0.05, 0) is 67.1 Å². The molecule has 0 amide bonds. The minimum atomic E-state index is 0.635. The van der Waals surface area contributed by atoms with Crippen LogP contribution in [0.5, 0.6) is 0 Å². The highest BCUT2D eigenvalue weighted by atomic mass is 32.1. The van der Waals surface area contributed by atoms with Gasteiger partial charge in [-0.1, -0.05) is 188 Å². The average Bonchev–Trinajstić information content (AvgIpc) is 3.68. The topological polar surface area (TPSA) is 38.7 Å². The number of fused-ring (bicyclic) bond motifs is 5. The van der Waals surface area contributed by atoms with E-state index in [9.17, 15) is 0 Å². The van der Waals surface area contributed by atoms with E-state index in [1.165, 1.54) is 58.4 Å². The predicted molar refractivity (Wildman–Crippen MR) is 240 cm³/mol. The predicted octanol–water partition coefficient (Wildman–Crippen LogP) is 14.5. The molecule has 0 aliphatic rings. The SMILES string of the molecule is c1ccc(-c2nc(-c3ccccc3-c3c(-c4ccc(-c5ccccc5)c5ccccc45)ccc4ccccc34)nc(-c3cccc4c3sc3ccccc34)n2)cc1. The molecule has 11 rings (SSSR count). The maximum atomic E-state index is 5.37. The monoisotopic (exact) mass is 743 g/mol. The fraction of sp³-hybridized carbons (Fsp3) is 0. The van der Waals surface area contributed by atoms with E-state index in [1.807, 2.05) is 18.2 Å². The molecule has 4 heteroatoms. The van der Waals surface area contributed by atoms with Crippen LogP contribution in [-0.4, -0.2) is 15.0 Å². The summed E-state index contributed by atoms with van der Waals surface area (Å²) in [7, 11) is 0. The number of aromatic nitrogens is 3. The zero-order valence-electron chi connectivity index (χ0n) is 30.8. The van der Waals surface area contributed by atoms with Gasteiger partial charge in [-0.3, -0.25) is 0 Å². The van der Waals surface area contributed by atoms with Crippen molar-refractivity contribution in [2.45, 2.75) is 0 Å². The molecule has 0 atom stereocenters. The van der Waals surface area contributed by atoms with Gasteiger partial charge in [0.15, 0.2) is 17.5 Å². The summed E-state index contributed by atoms with van der Waals surface area (Å²) in [5.74, 6) is 1.94. The Morgan fingerprint density at radius 2 is 0.807 bits per heavy atom. The van der Waals surface area contributed by atoms with Crippen molar-refractivity contribution >= 4 is 53.1 Å². The number of nitrogens with zero attached hydrogens (tertiary/aromatic N) is 3. The molecule has 9 aromatic carbocycles. The Bertz CT molecular complexity index is 3300. The fourth-order valence-corrected chi connectivity index (χ4v) is 9.55. The van der Waals surface area contributed by atoms with E-state index in [-0.39, 0.29) is 0 Å². The zero-order valence-corrected chi connectivity index (χ0v) is 31.6. The molecule has 0 saturated heterocycles. The Hall–Kier alpha value is -7.27. The molecule has 0 N–H and O–H groups in total. The lowest BCUT2D eigenvalue weighted by atomic mass is 9.85. The summed E-state index contributed by atoms with van der Waals surface area (Å²) in [5.41, 5.74) is 9.87. The van der Waals surface area contributed by atoms with E-state index in [2.05, 4.69) is 182 Å². The van der Waals surface area contributed by atoms with Gasteiger partial charge in [0, 0.05) is 36.9 Å². The highest BCUT2D eigenvalue weighted by Gasteiger charge is 2.22. The van der Waals surface area contributed by atoms with Crippen molar-refractivity contribution in [1.82, 2.24) is 15.0 Å². The van der Waals surface area contributed by atoms with Crippen LogP contribution in [0.25, 0.3) is 109 Å². The van der Waals surface area contributed by atoms with Gasteiger partial charge in [0.05, 0.1) is 0 Å². The highest BCUT2D eigenvalue weighted by Crippen LogP contribution is 2.46. The van der Waals surface area contributed by atoms with E-state index in [0.29, 0.717) is 17.5 Å². The van der Waals surface area contributed by atoms with Crippen molar-refractivity contribution in [3.05, 3.63) is 200 Å². The van der Waals surface area contributed by atoms with Gasteiger partial charge in [-0.2, -0.15) is 0 Å². The van der Waals surface area contributed by atoms with E-state index in [0.717, 1.165) is 33.4 Å².